The number of hydrogen-bond acceptors (Lipinski definition) is 2. The van der Waals surface area contributed by atoms with E-state index in [1.807, 2.05) is 13.0 Å². The van der Waals surface area contributed by atoms with Gasteiger partial charge < -0.3 is 4.74 Å². The first-order valence-corrected chi connectivity index (χ1v) is 4.63. The maximum atomic E-state index is 13.3. The van der Waals surface area contributed by atoms with Crippen molar-refractivity contribution in [3.8, 4) is 0 Å². The molecule has 3 heteroatoms. The lowest BCUT2D eigenvalue weighted by Crippen LogP contribution is -1.95. The summed E-state index contributed by atoms with van der Waals surface area (Å²) < 4.78 is 17.7. The van der Waals surface area contributed by atoms with Gasteiger partial charge in [-0.15, -0.1) is 0 Å². The molecule has 1 aromatic rings. The Morgan fingerprint density at radius 3 is 2.87 bits per heavy atom. The predicted molar refractivity (Wildman–Crippen MR) is 56.0 cm³/mol. The van der Waals surface area contributed by atoms with Gasteiger partial charge in [-0.25, -0.2) is 9.18 Å². The highest BCUT2D eigenvalue weighted by Crippen LogP contribution is 2.10. The van der Waals surface area contributed by atoms with Crippen molar-refractivity contribution < 1.29 is 13.9 Å². The molecule has 0 heterocycles. The number of halogens is 1. The third-order valence-corrected chi connectivity index (χ3v) is 2.00. The van der Waals surface area contributed by atoms with Crippen molar-refractivity contribution in [2.24, 2.45) is 0 Å². The van der Waals surface area contributed by atoms with E-state index in [4.69, 9.17) is 0 Å². The Bertz CT molecular complexity index is 383. The molecule has 2 nitrogen and oxygen atoms in total. The van der Waals surface area contributed by atoms with Gasteiger partial charge in [0, 0.05) is 6.08 Å². The molecule has 80 valence electrons. The molecule has 0 saturated heterocycles. The molecule has 0 saturated carbocycles. The normalized spacial score (nSPS) is 10.6. The Morgan fingerprint density at radius 2 is 2.27 bits per heavy atom. The Balaban J connectivity index is 2.65. The monoisotopic (exact) mass is 208 g/mol. The number of allylic oxidation sites excluding steroid dienone is 1. The van der Waals surface area contributed by atoms with Crippen LogP contribution in [-0.2, 0) is 16.0 Å². The van der Waals surface area contributed by atoms with Crippen molar-refractivity contribution in [1.29, 1.82) is 0 Å². The van der Waals surface area contributed by atoms with Crippen LogP contribution in [0.25, 0.3) is 0 Å². The van der Waals surface area contributed by atoms with Crippen molar-refractivity contribution >= 4 is 5.97 Å². The van der Waals surface area contributed by atoms with Gasteiger partial charge in [-0.05, 0) is 30.5 Å². The van der Waals surface area contributed by atoms with Crippen LogP contribution in [0.4, 0.5) is 4.39 Å². The lowest BCUT2D eigenvalue weighted by molar-refractivity contribution is -0.134. The standard InChI is InChI=1S/C12H13FO2/c1-9-6-7-10(11(13)8-9)4-3-5-12(14)15-2/h3,5-8H,4H2,1-2H3. The molecule has 0 aliphatic heterocycles. The summed E-state index contributed by atoms with van der Waals surface area (Å²) in [5.41, 5.74) is 1.45. The van der Waals surface area contributed by atoms with Crippen LogP contribution in [-0.4, -0.2) is 13.1 Å². The van der Waals surface area contributed by atoms with E-state index >= 15 is 0 Å². The van der Waals surface area contributed by atoms with Crippen molar-refractivity contribution in [3.05, 3.63) is 47.3 Å². The van der Waals surface area contributed by atoms with Gasteiger partial charge in [-0.1, -0.05) is 18.2 Å². The van der Waals surface area contributed by atoms with Crippen molar-refractivity contribution in [1.82, 2.24) is 0 Å². The van der Waals surface area contributed by atoms with Crippen LogP contribution in [0.3, 0.4) is 0 Å². The molecule has 0 N–H and O–H groups in total. The fraction of sp³-hybridized carbons (Fsp3) is 0.250. The maximum absolute atomic E-state index is 13.3. The second-order valence-electron chi connectivity index (χ2n) is 3.22. The number of methoxy groups -OCH3 is 1. The zero-order chi connectivity index (χ0) is 11.3. The smallest absolute Gasteiger partial charge is 0.330 e. The van der Waals surface area contributed by atoms with Crippen LogP contribution in [0, 0.1) is 12.7 Å². The summed E-state index contributed by atoms with van der Waals surface area (Å²) in [6.45, 7) is 1.83. The van der Waals surface area contributed by atoms with Crippen LogP contribution >= 0.6 is 0 Å². The zero-order valence-corrected chi connectivity index (χ0v) is 8.79. The number of benzene rings is 1. The van der Waals surface area contributed by atoms with E-state index in [1.165, 1.54) is 19.3 Å². The first kappa shape index (κ1) is 11.4. The fourth-order valence-electron chi connectivity index (χ4n) is 1.17. The van der Waals surface area contributed by atoms with Crippen LogP contribution < -0.4 is 0 Å². The Morgan fingerprint density at radius 1 is 1.53 bits per heavy atom. The number of ether oxygens (including phenoxy) is 1. The maximum Gasteiger partial charge on any atom is 0.330 e. The van der Waals surface area contributed by atoms with Crippen molar-refractivity contribution in [3.63, 3.8) is 0 Å². The zero-order valence-electron chi connectivity index (χ0n) is 8.79. The number of hydrogen-bond donors (Lipinski definition) is 0. The number of carbonyl (C=O) groups is 1. The molecule has 1 aromatic carbocycles. The molecule has 0 atom stereocenters. The average Bonchev–Trinajstić information content (AvgIpc) is 2.21. The van der Waals surface area contributed by atoms with Crippen molar-refractivity contribution in [2.75, 3.05) is 7.11 Å². The minimum Gasteiger partial charge on any atom is -0.466 e. The Hall–Kier alpha value is -1.64. The van der Waals surface area contributed by atoms with E-state index in [2.05, 4.69) is 4.74 Å². The molecule has 0 fully saturated rings. The van der Waals surface area contributed by atoms with E-state index in [1.54, 1.807) is 12.1 Å². The molecular formula is C12H13FO2. The van der Waals surface area contributed by atoms with Crippen molar-refractivity contribution in [2.45, 2.75) is 13.3 Å². The Kier molecular flexibility index (Phi) is 4.03. The van der Waals surface area contributed by atoms with E-state index < -0.39 is 5.97 Å². The molecule has 0 amide bonds. The van der Waals surface area contributed by atoms with Gasteiger partial charge in [0.1, 0.15) is 5.82 Å². The van der Waals surface area contributed by atoms with Gasteiger partial charge in [0.05, 0.1) is 7.11 Å². The van der Waals surface area contributed by atoms with E-state index in [9.17, 15) is 9.18 Å². The molecule has 0 spiro atoms. The highest BCUT2D eigenvalue weighted by Gasteiger charge is 2.00. The lowest BCUT2D eigenvalue weighted by Gasteiger charge is -2.00. The molecule has 0 unspecified atom stereocenters. The molecule has 0 aliphatic rings. The van der Waals surface area contributed by atoms with Gasteiger partial charge in [0.15, 0.2) is 0 Å². The number of esters is 1. The minimum atomic E-state index is -0.428. The van der Waals surface area contributed by atoms with Gasteiger partial charge in [-0.2, -0.15) is 0 Å². The van der Waals surface area contributed by atoms with Gasteiger partial charge >= 0.3 is 5.97 Å². The van der Waals surface area contributed by atoms with Gasteiger partial charge in [0.2, 0.25) is 0 Å². The fourth-order valence-corrected chi connectivity index (χ4v) is 1.17. The van der Waals surface area contributed by atoms with Crippen LogP contribution in [0.2, 0.25) is 0 Å². The molecule has 0 radical (unpaired) electrons. The first-order chi connectivity index (χ1) is 7.13. The molecule has 0 aromatic heterocycles. The Labute approximate surface area is 88.4 Å². The third kappa shape index (κ3) is 3.54. The second kappa shape index (κ2) is 5.29. The number of carbonyl (C=O) groups excluding carboxylic acids is 1. The average molecular weight is 208 g/mol. The quantitative estimate of drug-likeness (QED) is 0.563. The second-order valence-corrected chi connectivity index (χ2v) is 3.22. The molecule has 0 aliphatic carbocycles. The molecule has 0 bridgehead atoms. The highest BCUT2D eigenvalue weighted by atomic mass is 19.1. The number of rotatable bonds is 3. The largest absolute Gasteiger partial charge is 0.466 e. The number of aryl methyl sites for hydroxylation is 1. The summed E-state index contributed by atoms with van der Waals surface area (Å²) in [5, 5.41) is 0. The highest BCUT2D eigenvalue weighted by molar-refractivity contribution is 5.81. The minimum absolute atomic E-state index is 0.246. The SMILES string of the molecule is COC(=O)C=CCc1ccc(C)cc1F. The third-order valence-electron chi connectivity index (χ3n) is 2.00. The summed E-state index contributed by atoms with van der Waals surface area (Å²) in [4.78, 5) is 10.7. The summed E-state index contributed by atoms with van der Waals surface area (Å²) in [5.74, 6) is -0.674. The topological polar surface area (TPSA) is 26.3 Å². The summed E-state index contributed by atoms with van der Waals surface area (Å²) in [6, 6.07) is 5.03. The van der Waals surface area contributed by atoms with Crippen LogP contribution in [0.1, 0.15) is 11.1 Å². The summed E-state index contributed by atoms with van der Waals surface area (Å²) in [6.07, 6.45) is 3.26. The molecular weight excluding hydrogens is 195 g/mol. The van der Waals surface area contributed by atoms with Crippen LogP contribution in [0.15, 0.2) is 30.4 Å². The van der Waals surface area contributed by atoms with E-state index in [-0.39, 0.29) is 5.82 Å². The first-order valence-electron chi connectivity index (χ1n) is 4.63. The predicted octanol–water partition coefficient (Wildman–Crippen LogP) is 2.41. The summed E-state index contributed by atoms with van der Waals surface area (Å²) in [7, 11) is 1.30. The molecule has 15 heavy (non-hydrogen) atoms. The van der Waals surface area contributed by atoms with Gasteiger partial charge in [-0.3, -0.25) is 0 Å². The summed E-state index contributed by atoms with van der Waals surface area (Å²) >= 11 is 0. The van der Waals surface area contributed by atoms with Gasteiger partial charge in [0.25, 0.3) is 0 Å². The molecule has 1 rings (SSSR count). The lowest BCUT2D eigenvalue weighted by atomic mass is 10.1. The van der Waals surface area contributed by atoms with E-state index in [0.717, 1.165) is 5.56 Å². The van der Waals surface area contributed by atoms with E-state index in [0.29, 0.717) is 12.0 Å². The van der Waals surface area contributed by atoms with Crippen LogP contribution in [0.5, 0.6) is 0 Å².